The van der Waals surface area contributed by atoms with Gasteiger partial charge < -0.3 is 0 Å². The van der Waals surface area contributed by atoms with Crippen molar-refractivity contribution >= 4 is 35.6 Å². The molecule has 0 aliphatic carbocycles. The minimum atomic E-state index is -6.33. The number of nitrogens with one attached hydrogen (secondary N) is 1. The number of unbranched alkanes of at least 4 members (excludes halogenated alkanes) is 1. The van der Waals surface area contributed by atoms with Crippen LogP contribution in [0.5, 0.6) is 0 Å². The molecule has 1 rings (SSSR count). The number of aromatic nitrogens is 1. The van der Waals surface area contributed by atoms with Gasteiger partial charge in [-0.15, -0.1) is 0 Å². The number of aryl methyl sites for hydroxylation is 1. The van der Waals surface area contributed by atoms with Gasteiger partial charge >= 0.3 is 53.5 Å². The molecule has 222 valence electrons. The fourth-order valence-electron chi connectivity index (χ4n) is 1.98. The molecule has 0 radical (unpaired) electrons. The van der Waals surface area contributed by atoms with E-state index in [1.54, 1.807) is 6.92 Å². The summed E-state index contributed by atoms with van der Waals surface area (Å²) in [4.78, 5) is 7.86. The average molecular weight is 645 g/mol. The van der Waals surface area contributed by atoms with Crippen LogP contribution in [-0.4, -0.2) is 53.9 Å². The van der Waals surface area contributed by atoms with Gasteiger partial charge in [-0.1, -0.05) is 13.3 Å². The highest BCUT2D eigenvalue weighted by atomic mass is 32.2. The summed E-state index contributed by atoms with van der Waals surface area (Å²) in [7, 11) is -18.9. The summed E-state index contributed by atoms with van der Waals surface area (Å²) in [5.74, 6) is -3.20. The highest BCUT2D eigenvalue weighted by molar-refractivity contribution is 7.95. The maximum atomic E-state index is 12.8. The van der Waals surface area contributed by atoms with Crippen molar-refractivity contribution in [2.75, 3.05) is 0 Å². The van der Waals surface area contributed by atoms with Gasteiger partial charge in [0.05, 0.1) is 0 Å². The fraction of sp³-hybridized carbons (Fsp3) is 0.571. The predicted octanol–water partition coefficient (Wildman–Crippen LogP) is 2.88. The first-order chi connectivity index (χ1) is 16.6. The molecule has 1 N–H and O–H groups in total. The van der Waals surface area contributed by atoms with Crippen LogP contribution in [0.25, 0.3) is 0 Å². The number of sulfone groups is 2. The monoisotopic (exact) mass is 645 g/mol. The second-order valence-corrected chi connectivity index (χ2v) is 11.9. The summed E-state index contributed by atoms with van der Waals surface area (Å²) < 4.78 is 211. The number of sulfonamides is 1. The molecule has 0 unspecified atom stereocenters. The van der Waals surface area contributed by atoms with Crippen molar-refractivity contribution in [3.05, 3.63) is 18.3 Å². The molecule has 0 bridgehead atoms. The van der Waals surface area contributed by atoms with E-state index in [0.29, 0.717) is 11.0 Å². The summed E-state index contributed by atoms with van der Waals surface area (Å²) in [6, 6.07) is 0.924. The Morgan fingerprint density at radius 1 is 0.789 bits per heavy atom. The normalized spacial score (nSPS) is 13.9. The maximum Gasteiger partial charge on any atom is 0.516 e. The molecule has 1 amide bonds. The van der Waals surface area contributed by atoms with Gasteiger partial charge in [0.1, 0.15) is 6.54 Å². The summed E-state index contributed by atoms with van der Waals surface area (Å²) in [5.41, 5.74) is -17.9. The zero-order valence-electron chi connectivity index (χ0n) is 17.9. The Hall–Kier alpha value is -2.37. The lowest BCUT2D eigenvalue weighted by atomic mass is 10.3. The Balaban J connectivity index is 0.000000835. The molecule has 0 saturated carbocycles. The SMILES string of the molecule is CCCC[n+]1cccc(S(=O)(=O)C(F)(F)F)c1S(=O)(=O)C(F)(F)F.O=C(NS(=O)(=O)C(F)(F)F)C(F)(F)F. The second kappa shape index (κ2) is 11.4. The number of nitrogens with zero attached hydrogens (tertiary/aromatic N) is 1. The minimum Gasteiger partial charge on any atom is -0.263 e. The van der Waals surface area contributed by atoms with Crippen LogP contribution >= 0.6 is 0 Å². The molecule has 24 heteroatoms. The standard InChI is InChI=1S/C11H12F6NO4S2.C3HF6NO3S/c1-2-3-6-18-7-4-5-8(23(19,20)10(12,13)14)9(18)24(21,22)11(15,16)17;4-2(5,6)1(11)10-14(12,13)3(7,8)9/h4-5,7H,2-3,6H2,1H3;(H,10,11)/q+1;. The van der Waals surface area contributed by atoms with Crippen LogP contribution in [0.3, 0.4) is 0 Å². The minimum absolute atomic E-state index is 0.126. The quantitative estimate of drug-likeness (QED) is 0.372. The molecule has 0 aromatic carbocycles. The number of pyridine rings is 1. The van der Waals surface area contributed by atoms with Crippen LogP contribution in [0.15, 0.2) is 28.3 Å². The fourth-order valence-corrected chi connectivity index (χ4v) is 4.98. The third kappa shape index (κ3) is 8.31. The third-order valence-corrected chi connectivity index (χ3v) is 7.96. The van der Waals surface area contributed by atoms with Gasteiger partial charge in [0, 0.05) is 12.5 Å². The molecule has 0 aliphatic heterocycles. The van der Waals surface area contributed by atoms with E-state index < -0.39 is 74.8 Å². The smallest absolute Gasteiger partial charge is 0.263 e. The zero-order chi connectivity index (χ0) is 30.8. The van der Waals surface area contributed by atoms with E-state index in [0.717, 1.165) is 12.3 Å². The first kappa shape index (κ1) is 35.6. The molecule has 9 nitrogen and oxygen atoms in total. The number of hydrogen-bond acceptors (Lipinski definition) is 7. The predicted molar refractivity (Wildman–Crippen MR) is 97.2 cm³/mol. The molecular formula is C14H13F12N2O7S3+. The first-order valence-corrected chi connectivity index (χ1v) is 13.4. The van der Waals surface area contributed by atoms with Crippen molar-refractivity contribution in [2.45, 2.75) is 58.9 Å². The maximum absolute atomic E-state index is 12.8. The van der Waals surface area contributed by atoms with Crippen molar-refractivity contribution < 1.29 is 87.3 Å². The average Bonchev–Trinajstić information content (AvgIpc) is 2.68. The Kier molecular flexibility index (Phi) is 10.7. The van der Waals surface area contributed by atoms with Gasteiger partial charge in [0.25, 0.3) is 9.84 Å². The van der Waals surface area contributed by atoms with Gasteiger partial charge in [-0.05, 0) is 6.07 Å². The van der Waals surface area contributed by atoms with E-state index in [9.17, 15) is 82.7 Å². The Labute approximate surface area is 205 Å². The van der Waals surface area contributed by atoms with Crippen LogP contribution in [0.2, 0.25) is 0 Å². The number of hydrogen-bond donors (Lipinski definition) is 1. The molecule has 38 heavy (non-hydrogen) atoms. The van der Waals surface area contributed by atoms with Crippen LogP contribution in [0.4, 0.5) is 52.7 Å². The summed E-state index contributed by atoms with van der Waals surface area (Å²) >= 11 is 0. The third-order valence-electron chi connectivity index (χ3n) is 3.68. The van der Waals surface area contributed by atoms with Gasteiger partial charge in [-0.2, -0.15) is 65.7 Å². The number of halogens is 12. The van der Waals surface area contributed by atoms with Crippen LogP contribution in [-0.2, 0) is 41.0 Å². The summed E-state index contributed by atoms with van der Waals surface area (Å²) in [6.07, 6.45) is -4.41. The zero-order valence-corrected chi connectivity index (χ0v) is 20.4. The Bertz CT molecular complexity index is 1330. The van der Waals surface area contributed by atoms with Gasteiger partial charge in [0.15, 0.2) is 11.1 Å². The van der Waals surface area contributed by atoms with Crippen molar-refractivity contribution in [1.29, 1.82) is 0 Å². The van der Waals surface area contributed by atoms with E-state index in [1.807, 2.05) is 0 Å². The molecule has 0 fully saturated rings. The van der Waals surface area contributed by atoms with Gasteiger partial charge in [0.2, 0.25) is 0 Å². The highest BCUT2D eigenvalue weighted by Gasteiger charge is 2.58. The molecule has 0 atom stereocenters. The summed E-state index contributed by atoms with van der Waals surface area (Å²) in [5, 5.41) is -1.94. The molecule has 1 aromatic rings. The molecule has 0 saturated heterocycles. The Morgan fingerprint density at radius 2 is 1.24 bits per heavy atom. The number of carbonyl (C=O) groups excluding carboxylic acids is 1. The van der Waals surface area contributed by atoms with E-state index in [2.05, 4.69) is 0 Å². The van der Waals surface area contributed by atoms with Gasteiger partial charge in [-0.25, -0.2) is 21.6 Å². The number of amides is 1. The number of rotatable bonds is 6. The van der Waals surface area contributed by atoms with Crippen molar-refractivity contribution in [3.63, 3.8) is 0 Å². The first-order valence-electron chi connectivity index (χ1n) is 8.91. The molecular weight excluding hydrogens is 632 g/mol. The molecule has 0 spiro atoms. The van der Waals surface area contributed by atoms with Gasteiger partial charge in [-0.3, -0.25) is 4.79 Å². The number of alkyl halides is 12. The summed E-state index contributed by atoms with van der Waals surface area (Å²) in [6.45, 7) is 1.21. The largest absolute Gasteiger partial charge is 0.516 e. The van der Waals surface area contributed by atoms with E-state index in [4.69, 9.17) is 0 Å². The lowest BCUT2D eigenvalue weighted by molar-refractivity contribution is -0.736. The topological polar surface area (TPSA) is 135 Å². The van der Waals surface area contributed by atoms with Crippen LogP contribution in [0.1, 0.15) is 19.8 Å². The van der Waals surface area contributed by atoms with Crippen molar-refractivity contribution in [1.82, 2.24) is 4.72 Å². The Morgan fingerprint density at radius 3 is 1.58 bits per heavy atom. The lowest BCUT2D eigenvalue weighted by Crippen LogP contribution is -2.46. The highest BCUT2D eigenvalue weighted by Crippen LogP contribution is 2.37. The molecule has 1 aromatic heterocycles. The molecule has 1 heterocycles. The van der Waals surface area contributed by atoms with Crippen molar-refractivity contribution in [2.24, 2.45) is 0 Å². The second-order valence-electron chi connectivity index (χ2n) is 6.50. The van der Waals surface area contributed by atoms with E-state index in [-0.39, 0.29) is 17.2 Å². The number of carbonyl (C=O) groups is 1. The van der Waals surface area contributed by atoms with Crippen LogP contribution in [0, 0.1) is 0 Å². The van der Waals surface area contributed by atoms with Crippen LogP contribution < -0.4 is 9.29 Å². The lowest BCUT2D eigenvalue weighted by Gasteiger charge is -2.13. The van der Waals surface area contributed by atoms with E-state index >= 15 is 0 Å². The van der Waals surface area contributed by atoms with E-state index in [1.165, 1.54) is 0 Å². The molecule has 0 aliphatic rings. The van der Waals surface area contributed by atoms with Crippen molar-refractivity contribution in [3.8, 4) is 0 Å².